The first kappa shape index (κ1) is 24.9. The molecule has 0 aromatic rings. The third-order valence-corrected chi connectivity index (χ3v) is 4.19. The van der Waals surface area contributed by atoms with Crippen LogP contribution in [0, 0.1) is 0 Å². The maximum absolute atomic E-state index is 11.5. The minimum absolute atomic E-state index is 0. The van der Waals surface area contributed by atoms with Gasteiger partial charge in [0, 0.05) is 26.2 Å². The number of aliphatic imine (C=N–C) groups is 1. The summed E-state index contributed by atoms with van der Waals surface area (Å²) in [5.74, 6) is 0.574. The number of guanidine groups is 1. The number of nitrogens with zero attached hydrogens (tertiary/aromatic N) is 2. The molecule has 0 atom stereocenters. The molecule has 1 fully saturated rings. The van der Waals surface area contributed by atoms with E-state index in [1.807, 2.05) is 6.92 Å². The third-order valence-electron chi connectivity index (χ3n) is 4.19. The van der Waals surface area contributed by atoms with Crippen molar-refractivity contribution in [2.75, 3.05) is 32.7 Å². The Morgan fingerprint density at radius 2 is 1.69 bits per heavy atom. The summed E-state index contributed by atoms with van der Waals surface area (Å²) >= 11 is 0. The lowest BCUT2D eigenvalue weighted by molar-refractivity contribution is -0.124. The molecule has 0 bridgehead atoms. The highest BCUT2D eigenvalue weighted by Crippen LogP contribution is 2.08. The van der Waals surface area contributed by atoms with Gasteiger partial charge < -0.3 is 16.0 Å². The highest BCUT2D eigenvalue weighted by Gasteiger charge is 2.27. The Morgan fingerprint density at radius 1 is 1.04 bits per heavy atom. The second-order valence-corrected chi connectivity index (χ2v) is 6.37. The summed E-state index contributed by atoms with van der Waals surface area (Å²) in [5.41, 5.74) is 0. The van der Waals surface area contributed by atoms with E-state index >= 15 is 0 Å². The van der Waals surface area contributed by atoms with Crippen LogP contribution >= 0.6 is 24.0 Å². The minimum atomic E-state index is -0.312. The van der Waals surface area contributed by atoms with Crippen LogP contribution in [0.25, 0.3) is 0 Å². The number of rotatable bonds is 13. The predicted molar refractivity (Wildman–Crippen MR) is 117 cm³/mol. The van der Waals surface area contributed by atoms with Crippen LogP contribution in [0.1, 0.15) is 65.2 Å². The van der Waals surface area contributed by atoms with Gasteiger partial charge in [-0.2, -0.15) is 0 Å². The molecule has 0 radical (unpaired) electrons. The van der Waals surface area contributed by atoms with Gasteiger partial charge in [-0.05, 0) is 13.3 Å². The average Bonchev–Trinajstić information content (AvgIpc) is 2.92. The topological polar surface area (TPSA) is 85.8 Å². The third kappa shape index (κ3) is 10.8. The van der Waals surface area contributed by atoms with Crippen LogP contribution in [0.4, 0.5) is 4.79 Å². The van der Waals surface area contributed by atoms with Crippen molar-refractivity contribution in [1.29, 1.82) is 0 Å². The van der Waals surface area contributed by atoms with E-state index in [0.717, 1.165) is 25.5 Å². The van der Waals surface area contributed by atoms with Gasteiger partial charge in [0.05, 0.1) is 6.54 Å². The van der Waals surface area contributed by atoms with E-state index in [4.69, 9.17) is 0 Å². The summed E-state index contributed by atoms with van der Waals surface area (Å²) in [6.45, 7) is 6.80. The lowest BCUT2D eigenvalue weighted by atomic mass is 10.1. The van der Waals surface area contributed by atoms with Crippen LogP contribution in [0.5, 0.6) is 0 Å². The molecule has 1 aliphatic heterocycles. The summed E-state index contributed by atoms with van der Waals surface area (Å²) in [6, 6.07) is -0.312. The SMILES string of the molecule is CCCCCCCCCCN=C(NCC)NCCN1C(=O)CNC1=O.I. The lowest BCUT2D eigenvalue weighted by Crippen LogP contribution is -2.43. The minimum Gasteiger partial charge on any atom is -0.357 e. The molecule has 3 N–H and O–H groups in total. The van der Waals surface area contributed by atoms with Gasteiger partial charge in [0.25, 0.3) is 0 Å². The summed E-state index contributed by atoms with van der Waals surface area (Å²) in [7, 11) is 0. The number of hydrogen-bond acceptors (Lipinski definition) is 3. The normalized spacial score (nSPS) is 14.2. The number of unbranched alkanes of at least 4 members (excludes halogenated alkanes) is 7. The van der Waals surface area contributed by atoms with Crippen molar-refractivity contribution in [2.45, 2.75) is 65.2 Å². The Labute approximate surface area is 175 Å². The van der Waals surface area contributed by atoms with Gasteiger partial charge in [-0.25, -0.2) is 4.79 Å². The molecular formula is C18H36IN5O2. The molecule has 0 aromatic carbocycles. The Bertz CT molecular complexity index is 416. The zero-order valence-corrected chi connectivity index (χ0v) is 18.6. The molecule has 1 rings (SSSR count). The molecule has 1 saturated heterocycles. The van der Waals surface area contributed by atoms with Gasteiger partial charge in [-0.1, -0.05) is 51.9 Å². The van der Waals surface area contributed by atoms with Gasteiger partial charge in [0.15, 0.2) is 5.96 Å². The quantitative estimate of drug-likeness (QED) is 0.124. The number of carbonyl (C=O) groups excluding carboxylic acids is 2. The monoisotopic (exact) mass is 481 g/mol. The van der Waals surface area contributed by atoms with Gasteiger partial charge in [-0.15, -0.1) is 24.0 Å². The number of halogens is 1. The van der Waals surface area contributed by atoms with Crippen molar-refractivity contribution < 1.29 is 9.59 Å². The Balaban J connectivity index is 0.00000625. The predicted octanol–water partition coefficient (Wildman–Crippen LogP) is 2.85. The zero-order chi connectivity index (χ0) is 18.3. The second kappa shape index (κ2) is 16.1. The van der Waals surface area contributed by atoms with Crippen LogP contribution in [0.3, 0.4) is 0 Å². The molecule has 0 unspecified atom stereocenters. The summed E-state index contributed by atoms with van der Waals surface area (Å²) in [6.07, 6.45) is 10.3. The van der Waals surface area contributed by atoms with Crippen molar-refractivity contribution in [2.24, 2.45) is 4.99 Å². The van der Waals surface area contributed by atoms with Crippen molar-refractivity contribution in [1.82, 2.24) is 20.9 Å². The van der Waals surface area contributed by atoms with Crippen molar-refractivity contribution >= 4 is 41.9 Å². The van der Waals surface area contributed by atoms with E-state index in [1.54, 1.807) is 0 Å². The zero-order valence-electron chi connectivity index (χ0n) is 16.3. The van der Waals surface area contributed by atoms with Gasteiger partial charge >= 0.3 is 6.03 Å². The molecule has 3 amide bonds. The fourth-order valence-electron chi connectivity index (χ4n) is 2.75. The smallest absolute Gasteiger partial charge is 0.324 e. The number of amides is 3. The molecule has 26 heavy (non-hydrogen) atoms. The second-order valence-electron chi connectivity index (χ2n) is 6.37. The molecule has 0 aliphatic carbocycles. The lowest BCUT2D eigenvalue weighted by Gasteiger charge is -2.15. The highest BCUT2D eigenvalue weighted by atomic mass is 127. The standard InChI is InChI=1S/C18H35N5O2.HI/c1-3-5-6-7-8-9-10-11-12-20-17(19-4-2)21-13-14-23-16(24)15-22-18(23)25;/h3-15H2,1-2H3,(H,22,25)(H2,19,20,21);1H. The van der Waals surface area contributed by atoms with E-state index < -0.39 is 0 Å². The van der Waals surface area contributed by atoms with Crippen LogP contribution in [0.15, 0.2) is 4.99 Å². The van der Waals surface area contributed by atoms with Crippen molar-refractivity contribution in [3.63, 3.8) is 0 Å². The van der Waals surface area contributed by atoms with Crippen LogP contribution in [-0.2, 0) is 4.79 Å². The van der Waals surface area contributed by atoms with E-state index in [2.05, 4.69) is 27.9 Å². The van der Waals surface area contributed by atoms with Gasteiger partial charge in [0.1, 0.15) is 0 Å². The van der Waals surface area contributed by atoms with E-state index in [9.17, 15) is 9.59 Å². The number of hydrogen-bond donors (Lipinski definition) is 3. The van der Waals surface area contributed by atoms with E-state index in [1.165, 1.54) is 49.8 Å². The van der Waals surface area contributed by atoms with Gasteiger partial charge in [-0.3, -0.25) is 14.7 Å². The van der Waals surface area contributed by atoms with Crippen LogP contribution < -0.4 is 16.0 Å². The Hall–Kier alpha value is -1.06. The van der Waals surface area contributed by atoms with E-state index in [-0.39, 0.29) is 42.5 Å². The number of carbonyl (C=O) groups is 2. The van der Waals surface area contributed by atoms with E-state index in [0.29, 0.717) is 13.1 Å². The molecule has 7 nitrogen and oxygen atoms in total. The average molecular weight is 481 g/mol. The molecule has 0 aromatic heterocycles. The van der Waals surface area contributed by atoms with Gasteiger partial charge in [0.2, 0.25) is 5.91 Å². The maximum Gasteiger partial charge on any atom is 0.324 e. The molecule has 152 valence electrons. The number of nitrogens with one attached hydrogen (secondary N) is 3. The number of imide groups is 1. The molecule has 0 saturated carbocycles. The summed E-state index contributed by atoms with van der Waals surface area (Å²) in [5, 5.41) is 8.89. The Morgan fingerprint density at radius 3 is 2.27 bits per heavy atom. The van der Waals surface area contributed by atoms with Crippen molar-refractivity contribution in [3.8, 4) is 0 Å². The van der Waals surface area contributed by atoms with Crippen LogP contribution in [-0.4, -0.2) is 55.5 Å². The fourth-order valence-corrected chi connectivity index (χ4v) is 2.75. The first-order valence-electron chi connectivity index (χ1n) is 9.79. The largest absolute Gasteiger partial charge is 0.357 e. The maximum atomic E-state index is 11.5. The molecule has 1 aliphatic rings. The molecular weight excluding hydrogens is 445 g/mol. The first-order chi connectivity index (χ1) is 12.2. The van der Waals surface area contributed by atoms with Crippen molar-refractivity contribution in [3.05, 3.63) is 0 Å². The first-order valence-corrected chi connectivity index (χ1v) is 9.79. The Kier molecular flexibility index (Phi) is 15.5. The number of urea groups is 1. The molecule has 8 heteroatoms. The summed E-state index contributed by atoms with van der Waals surface area (Å²) in [4.78, 5) is 28.8. The highest BCUT2D eigenvalue weighted by molar-refractivity contribution is 14.0. The van der Waals surface area contributed by atoms with Crippen LogP contribution in [0.2, 0.25) is 0 Å². The summed E-state index contributed by atoms with van der Waals surface area (Å²) < 4.78 is 0. The molecule has 1 heterocycles. The fraction of sp³-hybridized carbons (Fsp3) is 0.833. The molecule has 0 spiro atoms.